The second-order valence-electron chi connectivity index (χ2n) is 1.80. The molecule has 0 N–H and O–H groups in total. The van der Waals surface area contributed by atoms with Crippen molar-refractivity contribution in [3.63, 3.8) is 0 Å². The van der Waals surface area contributed by atoms with Crippen LogP contribution in [0.1, 0.15) is 0 Å². The molecule has 0 fully saturated rings. The van der Waals surface area contributed by atoms with Gasteiger partial charge in [-0.25, -0.2) is 0 Å². The number of benzene rings is 1. The Kier molecular flexibility index (Phi) is 5.14. The molecule has 6 nitrogen and oxygen atoms in total. The topological polar surface area (TPSA) is 94.3 Å². The lowest BCUT2D eigenvalue weighted by Crippen LogP contribution is -1.74. The molecule has 68 valence electrons. The molecule has 1 aromatic carbocycles. The lowest BCUT2D eigenvalue weighted by Gasteiger charge is -1.79. The molecule has 0 aromatic heterocycles. The first-order valence-corrected chi connectivity index (χ1v) is 3.77. The zero-order chi connectivity index (χ0) is 10.3. The van der Waals surface area contributed by atoms with Crippen molar-refractivity contribution in [3.8, 4) is 0 Å². The third-order valence-electron chi connectivity index (χ3n) is 0.942. The molecule has 1 aromatic rings. The van der Waals surface area contributed by atoms with Crippen LogP contribution in [0.4, 0.5) is 5.69 Å². The zero-order valence-corrected chi connectivity index (χ0v) is 7.84. The van der Waals surface area contributed by atoms with Gasteiger partial charge in [-0.15, -0.1) is 0 Å². The van der Waals surface area contributed by atoms with Gasteiger partial charge in [0.15, 0.2) is 4.98 Å². The van der Waals surface area contributed by atoms with Gasteiger partial charge in [0.2, 0.25) is 5.39 Å². The maximum Gasteiger partial charge on any atom is 0.385 e. The Labute approximate surface area is 81.7 Å². The lowest BCUT2D eigenvalue weighted by atomic mass is 10.3. The molecule has 0 radical (unpaired) electrons. The third kappa shape index (κ3) is 6.71. The quantitative estimate of drug-likeness (QED) is 0.399. The van der Waals surface area contributed by atoms with E-state index in [1.54, 1.807) is 12.1 Å². The van der Waals surface area contributed by atoms with E-state index in [4.69, 9.17) is 20.7 Å². The second kappa shape index (κ2) is 5.91. The molecule has 0 unspecified atom stereocenters. The van der Waals surface area contributed by atoms with Gasteiger partial charge >= 0.3 is 5.69 Å². The number of rotatable bonds is 0. The van der Waals surface area contributed by atoms with E-state index in [-0.39, 0.29) is 0 Å². The second-order valence-corrected chi connectivity index (χ2v) is 2.72. The maximum absolute atomic E-state index is 8.25. The number of hydrogen-bond acceptors (Lipinski definition) is 4. The van der Waals surface area contributed by atoms with E-state index in [1.165, 1.54) is 0 Å². The summed E-state index contributed by atoms with van der Waals surface area (Å²) in [5, 5.41) is 23.0. The van der Waals surface area contributed by atoms with E-state index in [1.807, 2.05) is 12.1 Å². The van der Waals surface area contributed by atoms with Gasteiger partial charge < -0.3 is 15.3 Å². The largest absolute Gasteiger partial charge is 0.385 e. The Morgan fingerprint density at radius 3 is 2.00 bits per heavy atom. The van der Waals surface area contributed by atoms with Gasteiger partial charge in [-0.05, 0) is 12.1 Å². The maximum atomic E-state index is 8.25. The smallest absolute Gasteiger partial charge is 0.356 e. The first-order chi connectivity index (χ1) is 6.06. The highest BCUT2D eigenvalue weighted by molar-refractivity contribution is 9.10. The predicted molar refractivity (Wildman–Crippen MR) is 49.2 cm³/mol. The van der Waals surface area contributed by atoms with Crippen LogP contribution in [-0.2, 0) is 0 Å². The minimum Gasteiger partial charge on any atom is -0.356 e. The fourth-order valence-electron chi connectivity index (χ4n) is 0.508. The summed E-state index contributed by atoms with van der Waals surface area (Å²) in [6.45, 7) is 0. The van der Waals surface area contributed by atoms with Crippen molar-refractivity contribution >= 4 is 21.6 Å². The van der Waals surface area contributed by atoms with Crippen LogP contribution in [0.5, 0.6) is 0 Å². The first kappa shape index (κ1) is 11.3. The summed E-state index contributed by atoms with van der Waals surface area (Å²) in [5.41, 5.74) is 0.568. The Morgan fingerprint density at radius 1 is 1.31 bits per heavy atom. The van der Waals surface area contributed by atoms with Crippen LogP contribution in [0, 0.1) is 20.7 Å². The van der Waals surface area contributed by atoms with Gasteiger partial charge in [0.25, 0.3) is 0 Å². The summed E-state index contributed by atoms with van der Waals surface area (Å²) < 4.78 is 0.981. The standard InChI is InChI=1S/C6H4BrN2.NO3/c7-5-1-3-6(9-8)4-2-5;2-1(3)4/h1-4H;/q+1;-1. The Bertz CT molecular complexity index is 315. The zero-order valence-electron chi connectivity index (χ0n) is 6.25. The van der Waals surface area contributed by atoms with Crippen molar-refractivity contribution in [1.82, 2.24) is 0 Å². The molecule has 0 heterocycles. The van der Waals surface area contributed by atoms with Gasteiger partial charge in [-0.1, -0.05) is 15.9 Å². The number of halogens is 1. The Hall–Kier alpha value is -1.68. The van der Waals surface area contributed by atoms with Gasteiger partial charge in [0.1, 0.15) is 0 Å². The molecule has 0 spiro atoms. The first-order valence-electron chi connectivity index (χ1n) is 2.98. The fourth-order valence-corrected chi connectivity index (χ4v) is 0.772. The molecule has 0 aliphatic rings. The minimum atomic E-state index is -1.75. The summed E-state index contributed by atoms with van der Waals surface area (Å²) in [6.07, 6.45) is 0. The van der Waals surface area contributed by atoms with Crippen molar-refractivity contribution < 1.29 is 5.09 Å². The van der Waals surface area contributed by atoms with Crippen molar-refractivity contribution in [3.05, 3.63) is 49.0 Å². The molecule has 0 amide bonds. The molecule has 13 heavy (non-hydrogen) atoms. The molecule has 0 saturated carbocycles. The van der Waals surface area contributed by atoms with E-state index in [2.05, 4.69) is 20.9 Å². The predicted octanol–water partition coefficient (Wildman–Crippen LogP) is 2.69. The monoisotopic (exact) mass is 245 g/mol. The number of hydrogen-bond donors (Lipinski definition) is 0. The van der Waals surface area contributed by atoms with Crippen LogP contribution < -0.4 is 0 Å². The number of diazo groups is 1. The van der Waals surface area contributed by atoms with Crippen molar-refractivity contribution in [2.75, 3.05) is 0 Å². The van der Waals surface area contributed by atoms with Crippen molar-refractivity contribution in [2.45, 2.75) is 0 Å². The molecule has 0 saturated heterocycles. The summed E-state index contributed by atoms with van der Waals surface area (Å²) >= 11 is 3.25. The third-order valence-corrected chi connectivity index (χ3v) is 1.47. The normalized spacial score (nSPS) is 7.69. The minimum absolute atomic E-state index is 0.568. The van der Waals surface area contributed by atoms with Crippen LogP contribution in [0.25, 0.3) is 4.98 Å². The highest BCUT2D eigenvalue weighted by Gasteiger charge is 1.99. The summed E-state index contributed by atoms with van der Waals surface area (Å²) in [5.74, 6) is 0. The molecular formula is C6H4BrN3O3. The van der Waals surface area contributed by atoms with Crippen LogP contribution in [0.2, 0.25) is 0 Å². The Balaban J connectivity index is 0.000000310. The molecule has 0 aliphatic carbocycles. The van der Waals surface area contributed by atoms with E-state index in [0.29, 0.717) is 5.69 Å². The van der Waals surface area contributed by atoms with Gasteiger partial charge in [0, 0.05) is 16.6 Å². The van der Waals surface area contributed by atoms with E-state index in [9.17, 15) is 0 Å². The molecule has 0 aliphatic heterocycles. The van der Waals surface area contributed by atoms with Crippen LogP contribution in [0.3, 0.4) is 0 Å². The molecule has 7 heteroatoms. The summed E-state index contributed by atoms with van der Waals surface area (Å²) in [7, 11) is 0. The lowest BCUT2D eigenvalue weighted by molar-refractivity contribution is -0.402. The van der Waals surface area contributed by atoms with E-state index in [0.717, 1.165) is 4.47 Å². The number of nitrogens with zero attached hydrogens (tertiary/aromatic N) is 3. The average Bonchev–Trinajstić information content (AvgIpc) is 2.05. The van der Waals surface area contributed by atoms with Crippen LogP contribution in [-0.4, -0.2) is 5.09 Å². The molecule has 0 bridgehead atoms. The SMILES string of the molecule is N#[N+]c1ccc(Br)cc1.O=[N+]([O-])[O-]. The van der Waals surface area contributed by atoms with Crippen LogP contribution in [0.15, 0.2) is 28.7 Å². The summed E-state index contributed by atoms with van der Waals surface area (Å²) in [4.78, 5) is 11.2. The van der Waals surface area contributed by atoms with Crippen molar-refractivity contribution in [1.29, 1.82) is 5.39 Å². The fraction of sp³-hybridized carbons (Fsp3) is 0. The van der Waals surface area contributed by atoms with Gasteiger partial charge in [0.05, 0.1) is 5.09 Å². The van der Waals surface area contributed by atoms with Gasteiger partial charge in [-0.2, -0.15) is 0 Å². The van der Waals surface area contributed by atoms with Gasteiger partial charge in [-0.3, -0.25) is 0 Å². The molecular weight excluding hydrogens is 242 g/mol. The van der Waals surface area contributed by atoms with Crippen molar-refractivity contribution in [2.24, 2.45) is 0 Å². The summed E-state index contributed by atoms with van der Waals surface area (Å²) in [6, 6.07) is 7.05. The van der Waals surface area contributed by atoms with E-state index < -0.39 is 5.09 Å². The van der Waals surface area contributed by atoms with Crippen LogP contribution >= 0.6 is 15.9 Å². The van der Waals surface area contributed by atoms with E-state index >= 15 is 0 Å². The Morgan fingerprint density at radius 2 is 1.69 bits per heavy atom. The highest BCUT2D eigenvalue weighted by Crippen LogP contribution is 2.15. The molecule has 0 atom stereocenters. The average molecular weight is 246 g/mol. The molecule has 1 rings (SSSR count). The highest BCUT2D eigenvalue weighted by atomic mass is 79.9.